The molecule has 0 saturated heterocycles. The third-order valence-corrected chi connectivity index (χ3v) is 6.35. The van der Waals surface area contributed by atoms with Gasteiger partial charge in [0.2, 0.25) is 0 Å². The Balaban J connectivity index is 1.55. The van der Waals surface area contributed by atoms with Gasteiger partial charge in [-0.3, -0.25) is 4.79 Å². The first-order chi connectivity index (χ1) is 15.5. The van der Waals surface area contributed by atoms with Gasteiger partial charge < -0.3 is 19.9 Å². The summed E-state index contributed by atoms with van der Waals surface area (Å²) in [6.07, 6.45) is 1.06. The monoisotopic (exact) mass is 430 g/mol. The molecule has 1 aliphatic rings. The zero-order valence-electron chi connectivity index (χ0n) is 19.1. The molecule has 32 heavy (non-hydrogen) atoms. The number of benzene rings is 3. The fourth-order valence-corrected chi connectivity index (χ4v) is 4.46. The average Bonchev–Trinajstić information content (AvgIpc) is 2.84. The number of fused-ring (bicyclic) bond motifs is 1. The molecule has 1 unspecified atom stereocenters. The van der Waals surface area contributed by atoms with E-state index in [1.807, 2.05) is 32.3 Å². The summed E-state index contributed by atoms with van der Waals surface area (Å²) in [5.41, 5.74) is 5.88. The van der Waals surface area contributed by atoms with Crippen LogP contribution in [0.4, 0.5) is 5.69 Å². The van der Waals surface area contributed by atoms with Gasteiger partial charge >= 0.3 is 0 Å². The van der Waals surface area contributed by atoms with E-state index < -0.39 is 0 Å². The van der Waals surface area contributed by atoms with E-state index in [4.69, 9.17) is 4.74 Å². The molecule has 5 nitrogen and oxygen atoms in total. The third kappa shape index (κ3) is 4.94. The van der Waals surface area contributed by atoms with Gasteiger partial charge in [-0.05, 0) is 35.9 Å². The van der Waals surface area contributed by atoms with Gasteiger partial charge in [-0.2, -0.15) is 0 Å². The van der Waals surface area contributed by atoms with E-state index in [-0.39, 0.29) is 11.9 Å². The SMILES string of the molecule is COc1cccc(C(=O)NC[C@@H](c2ccc(N(C)C)cc2)[NH+]2CCc3ccccc3C2)c1. The predicted molar refractivity (Wildman–Crippen MR) is 129 cm³/mol. The van der Waals surface area contributed by atoms with Crippen LogP contribution in [-0.4, -0.2) is 40.2 Å². The summed E-state index contributed by atoms with van der Waals surface area (Å²) < 4.78 is 5.27. The fourth-order valence-electron chi connectivity index (χ4n) is 4.46. The zero-order chi connectivity index (χ0) is 22.5. The Kier molecular flexibility index (Phi) is 6.76. The largest absolute Gasteiger partial charge is 0.497 e. The molecule has 0 aromatic heterocycles. The summed E-state index contributed by atoms with van der Waals surface area (Å²) in [7, 11) is 5.71. The van der Waals surface area contributed by atoms with Crippen LogP contribution < -0.4 is 19.9 Å². The van der Waals surface area contributed by atoms with E-state index in [0.717, 1.165) is 19.5 Å². The second-order valence-corrected chi connectivity index (χ2v) is 8.58. The second-order valence-electron chi connectivity index (χ2n) is 8.58. The minimum absolute atomic E-state index is 0.0735. The number of methoxy groups -OCH3 is 1. The lowest BCUT2D eigenvalue weighted by atomic mass is 9.96. The number of carbonyl (C=O) groups is 1. The topological polar surface area (TPSA) is 46.0 Å². The molecular formula is C27H32N3O2+. The van der Waals surface area contributed by atoms with Crippen molar-refractivity contribution < 1.29 is 14.4 Å². The standard InChI is InChI=1S/C27H31N3O2/c1-29(2)24-13-11-21(12-14-24)26(30-16-15-20-7-4-5-8-23(20)19-30)18-28-27(31)22-9-6-10-25(17-22)32-3/h4-14,17,26H,15-16,18-19H2,1-3H3,(H,28,31)/p+1/t26-/m0/s1. The summed E-state index contributed by atoms with van der Waals surface area (Å²) in [4.78, 5) is 16.5. The first-order valence-corrected chi connectivity index (χ1v) is 11.2. The lowest BCUT2D eigenvalue weighted by Crippen LogP contribution is -3.12. The highest BCUT2D eigenvalue weighted by atomic mass is 16.5. The number of nitrogens with one attached hydrogen (secondary N) is 2. The predicted octanol–water partition coefficient (Wildman–Crippen LogP) is 2.87. The van der Waals surface area contributed by atoms with E-state index in [1.165, 1.54) is 27.3 Å². The van der Waals surface area contributed by atoms with E-state index in [1.54, 1.807) is 13.2 Å². The number of nitrogens with zero attached hydrogens (tertiary/aromatic N) is 1. The Labute approximate surface area is 190 Å². The molecule has 0 bridgehead atoms. The molecule has 166 valence electrons. The number of ether oxygens (including phenoxy) is 1. The number of carbonyl (C=O) groups excluding carboxylic acids is 1. The van der Waals surface area contributed by atoms with E-state index in [0.29, 0.717) is 17.9 Å². The van der Waals surface area contributed by atoms with E-state index in [2.05, 4.69) is 58.7 Å². The Morgan fingerprint density at radius 2 is 1.78 bits per heavy atom. The first kappa shape index (κ1) is 21.9. The molecule has 2 N–H and O–H groups in total. The molecule has 3 aromatic carbocycles. The van der Waals surface area contributed by atoms with Crippen LogP contribution in [0.1, 0.15) is 33.1 Å². The van der Waals surface area contributed by atoms with Crippen molar-refractivity contribution in [1.82, 2.24) is 5.32 Å². The van der Waals surface area contributed by atoms with Crippen LogP contribution in [0, 0.1) is 0 Å². The van der Waals surface area contributed by atoms with Crippen LogP contribution in [0.25, 0.3) is 0 Å². The maximum Gasteiger partial charge on any atom is 0.251 e. The maximum atomic E-state index is 12.9. The van der Waals surface area contributed by atoms with Crippen LogP contribution in [0.2, 0.25) is 0 Å². The highest BCUT2D eigenvalue weighted by molar-refractivity contribution is 5.94. The molecule has 1 amide bonds. The molecule has 1 aliphatic heterocycles. The number of anilines is 1. The van der Waals surface area contributed by atoms with Crippen molar-refractivity contribution in [1.29, 1.82) is 0 Å². The summed E-state index contributed by atoms with van der Waals surface area (Å²) in [5.74, 6) is 0.613. The van der Waals surface area contributed by atoms with Crippen molar-refractivity contribution in [2.24, 2.45) is 0 Å². The van der Waals surface area contributed by atoms with Gasteiger partial charge in [0.1, 0.15) is 18.3 Å². The first-order valence-electron chi connectivity index (χ1n) is 11.2. The van der Waals surface area contributed by atoms with Crippen molar-refractivity contribution in [2.45, 2.75) is 19.0 Å². The molecule has 0 spiro atoms. The summed E-state index contributed by atoms with van der Waals surface area (Å²) in [6.45, 7) is 2.59. The Morgan fingerprint density at radius 1 is 1.03 bits per heavy atom. The summed E-state index contributed by atoms with van der Waals surface area (Å²) >= 11 is 0. The van der Waals surface area contributed by atoms with Crippen molar-refractivity contribution in [3.63, 3.8) is 0 Å². The van der Waals surface area contributed by atoms with Gasteiger partial charge in [0.15, 0.2) is 0 Å². The lowest BCUT2D eigenvalue weighted by molar-refractivity contribution is -0.945. The number of hydrogen-bond acceptors (Lipinski definition) is 3. The highest BCUT2D eigenvalue weighted by Gasteiger charge is 2.29. The Hall–Kier alpha value is -3.31. The number of quaternary nitrogens is 1. The van der Waals surface area contributed by atoms with Crippen molar-refractivity contribution in [3.8, 4) is 5.75 Å². The van der Waals surface area contributed by atoms with Gasteiger partial charge in [0, 0.05) is 42.9 Å². The second kappa shape index (κ2) is 9.88. The molecule has 0 aliphatic carbocycles. The third-order valence-electron chi connectivity index (χ3n) is 6.35. The van der Waals surface area contributed by atoms with Crippen molar-refractivity contribution in [3.05, 3.63) is 95.1 Å². The van der Waals surface area contributed by atoms with E-state index in [9.17, 15) is 4.79 Å². The normalized spacial score (nSPS) is 16.0. The van der Waals surface area contributed by atoms with Gasteiger partial charge in [-0.15, -0.1) is 0 Å². The molecule has 1 heterocycles. The minimum Gasteiger partial charge on any atom is -0.497 e. The molecule has 2 atom stereocenters. The van der Waals surface area contributed by atoms with Gasteiger partial charge in [-0.25, -0.2) is 0 Å². The smallest absolute Gasteiger partial charge is 0.251 e. The minimum atomic E-state index is -0.0735. The van der Waals surface area contributed by atoms with Gasteiger partial charge in [0.05, 0.1) is 20.2 Å². The zero-order valence-corrected chi connectivity index (χ0v) is 19.1. The molecule has 4 rings (SSSR count). The molecular weight excluding hydrogens is 398 g/mol. The Morgan fingerprint density at radius 3 is 2.50 bits per heavy atom. The summed E-state index contributed by atoms with van der Waals surface area (Å²) in [5, 5.41) is 3.18. The van der Waals surface area contributed by atoms with Crippen LogP contribution in [-0.2, 0) is 13.0 Å². The van der Waals surface area contributed by atoms with Crippen LogP contribution in [0.5, 0.6) is 5.75 Å². The van der Waals surface area contributed by atoms with Crippen molar-refractivity contribution >= 4 is 11.6 Å². The molecule has 0 fully saturated rings. The highest BCUT2D eigenvalue weighted by Crippen LogP contribution is 2.19. The van der Waals surface area contributed by atoms with Crippen LogP contribution in [0.3, 0.4) is 0 Å². The molecule has 0 radical (unpaired) electrons. The number of hydrogen-bond donors (Lipinski definition) is 2. The molecule has 0 saturated carbocycles. The number of amides is 1. The van der Waals surface area contributed by atoms with Gasteiger partial charge in [0.25, 0.3) is 5.91 Å². The van der Waals surface area contributed by atoms with E-state index >= 15 is 0 Å². The maximum absolute atomic E-state index is 12.9. The van der Waals surface area contributed by atoms with Crippen LogP contribution in [0.15, 0.2) is 72.8 Å². The Bertz CT molecular complexity index is 1060. The lowest BCUT2D eigenvalue weighted by Gasteiger charge is -2.33. The van der Waals surface area contributed by atoms with Crippen molar-refractivity contribution in [2.75, 3.05) is 39.2 Å². The van der Waals surface area contributed by atoms with Gasteiger partial charge in [-0.1, -0.05) is 42.5 Å². The summed E-state index contributed by atoms with van der Waals surface area (Å²) in [6, 6.07) is 24.9. The quantitative estimate of drug-likeness (QED) is 0.606. The average molecular weight is 431 g/mol. The molecule has 3 aromatic rings. The fraction of sp³-hybridized carbons (Fsp3) is 0.296. The number of rotatable bonds is 7. The van der Waals surface area contributed by atoms with Crippen LogP contribution >= 0.6 is 0 Å². The molecule has 5 heteroatoms.